The van der Waals surface area contributed by atoms with Crippen LogP contribution in [0.15, 0.2) is 133 Å². The van der Waals surface area contributed by atoms with Crippen molar-refractivity contribution in [1.82, 2.24) is 0 Å². The fraction of sp³-hybridized carbons (Fsp3) is 0.240. The van der Waals surface area contributed by atoms with Crippen molar-refractivity contribution in [3.63, 3.8) is 0 Å². The van der Waals surface area contributed by atoms with Crippen LogP contribution in [-0.2, 0) is 16.0 Å². The molecule has 0 amide bonds. The van der Waals surface area contributed by atoms with Crippen LogP contribution < -0.4 is 18.9 Å². The van der Waals surface area contributed by atoms with Crippen LogP contribution in [0.25, 0.3) is 12.2 Å². The highest BCUT2D eigenvalue weighted by molar-refractivity contribution is 6.00. The lowest BCUT2D eigenvalue weighted by atomic mass is 9.84. The minimum absolute atomic E-state index is 0.112. The molecule has 1 atom stereocenters. The molecule has 0 aliphatic heterocycles. The summed E-state index contributed by atoms with van der Waals surface area (Å²) in [5.41, 5.74) is 1.24. The molecule has 5 aromatic rings. The number of benzene rings is 5. The Bertz CT molecular complexity index is 2590. The van der Waals surface area contributed by atoms with Gasteiger partial charge in [0.25, 0.3) is 5.69 Å². The third-order valence-corrected chi connectivity index (χ3v) is 10.0. The molecule has 13 nitrogen and oxygen atoms in total. The lowest BCUT2D eigenvalue weighted by molar-refractivity contribution is -0.384. The number of hydrogen-bond donors (Lipinski definition) is 2. The van der Waals surface area contributed by atoms with Crippen molar-refractivity contribution in [1.29, 1.82) is 0 Å². The number of carbonyl (C=O) groups is 4. The number of allylic oxidation sites excluding steroid dienone is 1. The number of hydrogen-bond acceptors (Lipinski definition) is 12. The molecule has 0 fully saturated rings. The van der Waals surface area contributed by atoms with Crippen LogP contribution in [0.5, 0.6) is 23.0 Å². The van der Waals surface area contributed by atoms with Crippen molar-refractivity contribution < 1.29 is 79.6 Å². The summed E-state index contributed by atoms with van der Waals surface area (Å²) in [5, 5.41) is 33.7. The van der Waals surface area contributed by atoms with E-state index in [0.717, 1.165) is 12.2 Å². The molecule has 19 heteroatoms. The van der Waals surface area contributed by atoms with Gasteiger partial charge in [0.15, 0.2) is 5.78 Å². The zero-order chi connectivity index (χ0) is 50.2. The van der Waals surface area contributed by atoms with Crippen LogP contribution in [0.2, 0.25) is 0 Å². The second-order valence-electron chi connectivity index (χ2n) is 15.4. The summed E-state index contributed by atoms with van der Waals surface area (Å²) in [7, 11) is 0. The lowest BCUT2D eigenvalue weighted by Gasteiger charge is -2.28. The maximum atomic E-state index is 13.4. The summed E-state index contributed by atoms with van der Waals surface area (Å²) >= 11 is 0. The van der Waals surface area contributed by atoms with E-state index < -0.39 is 71.7 Å². The number of aliphatic hydroxyl groups is 2. The molecule has 0 aliphatic rings. The fourth-order valence-electron chi connectivity index (χ4n) is 6.32. The summed E-state index contributed by atoms with van der Waals surface area (Å²) in [6, 6.07) is 28.0. The predicted molar refractivity (Wildman–Crippen MR) is 237 cm³/mol. The molecule has 0 bridgehead atoms. The van der Waals surface area contributed by atoms with Crippen molar-refractivity contribution in [2.45, 2.75) is 56.7 Å². The van der Waals surface area contributed by atoms with Gasteiger partial charge in [-0.3, -0.25) is 19.7 Å². The van der Waals surface area contributed by atoms with Crippen LogP contribution in [0.3, 0.4) is 0 Å². The molecular weight excluding hydrogens is 921 g/mol. The summed E-state index contributed by atoms with van der Waals surface area (Å²) < 4.78 is 95.4. The molecule has 0 aliphatic carbocycles. The van der Waals surface area contributed by atoms with Gasteiger partial charge in [-0.25, -0.2) is 9.59 Å². The molecule has 0 spiro atoms. The number of ketones is 2. The molecule has 2 N–H and O–H groups in total. The average molecular weight is 964 g/mol. The number of esters is 2. The third kappa shape index (κ3) is 17.5. The van der Waals surface area contributed by atoms with E-state index in [4.69, 9.17) is 18.9 Å². The van der Waals surface area contributed by atoms with Gasteiger partial charge in [0.05, 0.1) is 29.3 Å². The molecule has 0 heterocycles. The van der Waals surface area contributed by atoms with E-state index in [1.165, 1.54) is 133 Å². The van der Waals surface area contributed by atoms with Crippen LogP contribution in [0, 0.1) is 16.0 Å². The average Bonchev–Trinajstić information content (AvgIpc) is 3.31. The first-order chi connectivity index (χ1) is 32.6. The van der Waals surface area contributed by atoms with Crippen molar-refractivity contribution >= 4 is 41.3 Å². The van der Waals surface area contributed by atoms with E-state index in [1.807, 2.05) is 0 Å². The van der Waals surface area contributed by atoms with E-state index in [2.05, 4.69) is 0 Å². The molecule has 362 valence electrons. The van der Waals surface area contributed by atoms with Gasteiger partial charge in [-0.15, -0.1) is 0 Å². The van der Waals surface area contributed by atoms with E-state index in [1.54, 1.807) is 0 Å². The van der Waals surface area contributed by atoms with Crippen LogP contribution in [0.1, 0.15) is 69.5 Å². The quantitative estimate of drug-likeness (QED) is 0.00923. The van der Waals surface area contributed by atoms with Gasteiger partial charge < -0.3 is 29.2 Å². The number of nitrogens with zero attached hydrogens (tertiary/aromatic N) is 1. The zero-order valence-corrected chi connectivity index (χ0v) is 36.3. The second kappa shape index (κ2) is 23.9. The SMILES string of the molecule is O=C(C=Cc1ccc(OC(=O)c2ccc(OCCCC(F)(F)F)cc2)cc1)CC(Cc1ccc([N+](=O)[O-])cc1)C(O)(O)C(=O)C=Cc1ccc(OC(=O)c2ccc(OCCCC(F)(F)F)cc2)cc1. The largest absolute Gasteiger partial charge is 0.494 e. The van der Waals surface area contributed by atoms with E-state index in [9.17, 15) is 65.8 Å². The number of rotatable bonds is 23. The highest BCUT2D eigenvalue weighted by Gasteiger charge is 2.41. The Balaban J connectivity index is 1.17. The smallest absolute Gasteiger partial charge is 0.389 e. The molecule has 0 saturated carbocycles. The number of non-ortho nitro benzene ring substituents is 1. The summed E-state index contributed by atoms with van der Waals surface area (Å²) in [6.07, 6.45) is -7.12. The van der Waals surface area contributed by atoms with E-state index >= 15 is 0 Å². The molecule has 1 unspecified atom stereocenters. The number of nitro benzene ring substituents is 1. The molecule has 0 saturated heterocycles. The first-order valence-corrected chi connectivity index (χ1v) is 21.0. The Morgan fingerprint density at radius 3 is 1.39 bits per heavy atom. The van der Waals surface area contributed by atoms with E-state index in [0.29, 0.717) is 16.7 Å². The number of alkyl halides is 6. The minimum atomic E-state index is -4.29. The molecule has 0 radical (unpaired) electrons. The lowest BCUT2D eigenvalue weighted by Crippen LogP contribution is -2.46. The van der Waals surface area contributed by atoms with Gasteiger partial charge in [-0.1, -0.05) is 48.6 Å². The van der Waals surface area contributed by atoms with E-state index in [-0.39, 0.29) is 72.3 Å². The van der Waals surface area contributed by atoms with Crippen LogP contribution in [0.4, 0.5) is 32.0 Å². The Kier molecular flexibility index (Phi) is 18.1. The molecular formula is C50H43F6NO12. The first kappa shape index (κ1) is 52.3. The Labute approximate surface area is 390 Å². The Morgan fingerprint density at radius 1 is 0.580 bits per heavy atom. The van der Waals surface area contributed by atoms with Gasteiger partial charge in [-0.05, 0) is 121 Å². The minimum Gasteiger partial charge on any atom is -0.494 e. The number of carbonyl (C=O) groups excluding carboxylic acids is 4. The summed E-state index contributed by atoms with van der Waals surface area (Å²) in [5.74, 6) is -7.06. The van der Waals surface area contributed by atoms with Gasteiger partial charge in [0, 0.05) is 37.3 Å². The Hall–Kier alpha value is -7.64. The van der Waals surface area contributed by atoms with Crippen molar-refractivity contribution in [2.75, 3.05) is 13.2 Å². The topological polar surface area (TPSA) is 189 Å². The van der Waals surface area contributed by atoms with Crippen LogP contribution >= 0.6 is 0 Å². The standard InChI is InChI=1S/C50H43F6NO12/c51-48(52,53)27-1-29-66-41-22-11-36(12-23-41)46(60)68-43-18-6-33(7-19-43)5-17-40(58)32-38(31-35-3-15-39(16-4-35)57(64)65)50(62,63)45(59)26-10-34-8-20-44(21-9-34)69-47(61)37-13-24-42(25-14-37)67-30-2-28-49(54,55)56/h3-26,38,62-63H,1-2,27-32H2. The number of nitro groups is 1. The van der Waals surface area contributed by atoms with Crippen LogP contribution in [-0.4, -0.2) is 70.0 Å². The third-order valence-electron chi connectivity index (χ3n) is 10.0. The normalized spacial score (nSPS) is 12.4. The maximum absolute atomic E-state index is 13.4. The monoisotopic (exact) mass is 963 g/mol. The fourth-order valence-corrected chi connectivity index (χ4v) is 6.32. The highest BCUT2D eigenvalue weighted by atomic mass is 19.4. The zero-order valence-electron chi connectivity index (χ0n) is 36.3. The van der Waals surface area contributed by atoms with Gasteiger partial charge >= 0.3 is 24.3 Å². The predicted octanol–water partition coefficient (Wildman–Crippen LogP) is 10.3. The van der Waals surface area contributed by atoms with Crippen molar-refractivity contribution in [2.24, 2.45) is 5.92 Å². The number of ether oxygens (including phenoxy) is 4. The van der Waals surface area contributed by atoms with Gasteiger partial charge in [0.1, 0.15) is 23.0 Å². The van der Waals surface area contributed by atoms with Crippen molar-refractivity contribution in [3.8, 4) is 23.0 Å². The Morgan fingerprint density at radius 2 is 0.986 bits per heavy atom. The number of halogens is 6. The second-order valence-corrected chi connectivity index (χ2v) is 15.4. The van der Waals surface area contributed by atoms with Gasteiger partial charge in [-0.2, -0.15) is 26.3 Å². The summed E-state index contributed by atoms with van der Waals surface area (Å²) in [6.45, 7) is -0.324. The van der Waals surface area contributed by atoms with Gasteiger partial charge in [0.2, 0.25) is 11.6 Å². The summed E-state index contributed by atoms with van der Waals surface area (Å²) in [4.78, 5) is 62.6. The maximum Gasteiger partial charge on any atom is 0.389 e. The molecule has 0 aromatic heterocycles. The highest BCUT2D eigenvalue weighted by Crippen LogP contribution is 2.29. The molecule has 5 rings (SSSR count). The van der Waals surface area contributed by atoms with Crippen molar-refractivity contribution in [3.05, 3.63) is 171 Å². The first-order valence-electron chi connectivity index (χ1n) is 21.0. The molecule has 5 aromatic carbocycles. The molecule has 69 heavy (non-hydrogen) atoms.